The highest BCUT2D eigenvalue weighted by Crippen LogP contribution is 2.18. The zero-order valence-corrected chi connectivity index (χ0v) is 11.1. The highest BCUT2D eigenvalue weighted by atomic mass is 16.5. The van der Waals surface area contributed by atoms with E-state index in [1.54, 1.807) is 26.1 Å². The second-order valence-electron chi connectivity index (χ2n) is 4.04. The number of carbonyl (C=O) groups is 1. The van der Waals surface area contributed by atoms with Crippen LogP contribution in [0.1, 0.15) is 28.5 Å². The number of nitriles is 1. The van der Waals surface area contributed by atoms with Gasteiger partial charge in [0.25, 0.3) is 0 Å². The van der Waals surface area contributed by atoms with Crippen LogP contribution in [-0.2, 0) is 4.74 Å². The number of anilines is 1. The molecule has 2 heterocycles. The molecule has 0 saturated carbocycles. The Morgan fingerprint density at radius 2 is 2.35 bits per heavy atom. The highest BCUT2D eigenvalue weighted by molar-refractivity contribution is 5.92. The van der Waals surface area contributed by atoms with Crippen molar-refractivity contribution in [2.24, 2.45) is 0 Å². The van der Waals surface area contributed by atoms with Gasteiger partial charge in [-0.15, -0.1) is 0 Å². The Balaban J connectivity index is 2.51. The minimum atomic E-state index is -0.602. The van der Waals surface area contributed by atoms with Gasteiger partial charge < -0.3 is 10.5 Å². The third-order valence-electron chi connectivity index (χ3n) is 2.68. The van der Waals surface area contributed by atoms with Gasteiger partial charge >= 0.3 is 5.97 Å². The van der Waals surface area contributed by atoms with Gasteiger partial charge in [-0.1, -0.05) is 0 Å². The number of rotatable bonds is 3. The summed E-state index contributed by atoms with van der Waals surface area (Å²) >= 11 is 0. The normalized spacial score (nSPS) is 10.1. The van der Waals surface area contributed by atoms with Crippen LogP contribution < -0.4 is 5.73 Å². The second kappa shape index (κ2) is 5.40. The van der Waals surface area contributed by atoms with Gasteiger partial charge in [0.2, 0.25) is 0 Å². The summed E-state index contributed by atoms with van der Waals surface area (Å²) in [5.41, 5.74) is 7.08. The zero-order valence-electron chi connectivity index (χ0n) is 11.1. The van der Waals surface area contributed by atoms with Crippen LogP contribution in [0.4, 0.5) is 5.69 Å². The monoisotopic (exact) mass is 271 g/mol. The van der Waals surface area contributed by atoms with Crippen LogP contribution in [0.25, 0.3) is 5.82 Å². The van der Waals surface area contributed by atoms with E-state index < -0.39 is 5.97 Å². The SMILES string of the molecule is CCOC(=O)c1nn(-c2nccc(C)c2C#N)cc1N. The van der Waals surface area contributed by atoms with Crippen molar-refractivity contribution in [1.82, 2.24) is 14.8 Å². The van der Waals surface area contributed by atoms with Crippen LogP contribution in [-0.4, -0.2) is 27.3 Å². The van der Waals surface area contributed by atoms with E-state index in [1.807, 2.05) is 0 Å². The first kappa shape index (κ1) is 13.5. The Kier molecular flexibility index (Phi) is 3.66. The zero-order chi connectivity index (χ0) is 14.7. The van der Waals surface area contributed by atoms with Crippen molar-refractivity contribution in [1.29, 1.82) is 5.26 Å². The molecule has 0 saturated heterocycles. The predicted octanol–water partition coefficient (Wildman–Crippen LogP) is 1.21. The molecule has 0 aliphatic heterocycles. The van der Waals surface area contributed by atoms with Crippen molar-refractivity contribution >= 4 is 11.7 Å². The summed E-state index contributed by atoms with van der Waals surface area (Å²) in [5.74, 6) is -0.273. The number of carbonyl (C=O) groups excluding carboxylic acids is 1. The van der Waals surface area contributed by atoms with E-state index >= 15 is 0 Å². The lowest BCUT2D eigenvalue weighted by molar-refractivity contribution is 0.0520. The minimum Gasteiger partial charge on any atom is -0.461 e. The van der Waals surface area contributed by atoms with E-state index in [9.17, 15) is 10.1 Å². The molecule has 0 aromatic carbocycles. The van der Waals surface area contributed by atoms with Crippen LogP contribution in [0.15, 0.2) is 18.5 Å². The summed E-state index contributed by atoms with van der Waals surface area (Å²) < 4.78 is 6.17. The van der Waals surface area contributed by atoms with Crippen LogP contribution in [0.2, 0.25) is 0 Å². The Morgan fingerprint density at radius 1 is 1.60 bits per heavy atom. The number of pyridine rings is 1. The molecule has 0 unspecified atom stereocenters. The molecule has 0 radical (unpaired) electrons. The fourth-order valence-corrected chi connectivity index (χ4v) is 1.71. The molecule has 0 fully saturated rings. The fourth-order valence-electron chi connectivity index (χ4n) is 1.71. The van der Waals surface area contributed by atoms with Gasteiger partial charge in [-0.3, -0.25) is 0 Å². The lowest BCUT2D eigenvalue weighted by Crippen LogP contribution is -2.09. The van der Waals surface area contributed by atoms with Gasteiger partial charge in [0.15, 0.2) is 11.5 Å². The summed E-state index contributed by atoms with van der Waals surface area (Å²) in [6, 6.07) is 3.79. The standard InChI is InChI=1S/C13H13N5O2/c1-3-20-13(19)11-10(15)7-18(17-11)12-9(6-14)8(2)4-5-16-12/h4-5,7H,3,15H2,1-2H3. The van der Waals surface area contributed by atoms with Crippen LogP contribution in [0.5, 0.6) is 0 Å². The Morgan fingerprint density at radius 3 is 3.00 bits per heavy atom. The molecule has 20 heavy (non-hydrogen) atoms. The van der Waals surface area contributed by atoms with Crippen molar-refractivity contribution in [2.75, 3.05) is 12.3 Å². The Labute approximate surface area is 115 Å². The first-order valence-corrected chi connectivity index (χ1v) is 5.96. The van der Waals surface area contributed by atoms with Crippen LogP contribution in [0, 0.1) is 18.3 Å². The first-order valence-electron chi connectivity index (χ1n) is 5.96. The predicted molar refractivity (Wildman–Crippen MR) is 71.2 cm³/mol. The first-order chi connectivity index (χ1) is 9.58. The summed E-state index contributed by atoms with van der Waals surface area (Å²) in [6.07, 6.45) is 3.00. The summed E-state index contributed by atoms with van der Waals surface area (Å²) in [7, 11) is 0. The number of nitrogen functional groups attached to an aromatic ring is 1. The van der Waals surface area contributed by atoms with Crippen LogP contribution >= 0.6 is 0 Å². The molecule has 2 N–H and O–H groups in total. The summed E-state index contributed by atoms with van der Waals surface area (Å²) in [5, 5.41) is 13.2. The van der Waals surface area contributed by atoms with E-state index in [0.29, 0.717) is 11.4 Å². The molecule has 0 atom stereocenters. The van der Waals surface area contributed by atoms with E-state index in [0.717, 1.165) is 5.56 Å². The Bertz CT molecular complexity index is 699. The second-order valence-corrected chi connectivity index (χ2v) is 4.04. The quantitative estimate of drug-likeness (QED) is 0.841. The molecule has 0 aliphatic carbocycles. The Hall–Kier alpha value is -2.88. The van der Waals surface area contributed by atoms with Gasteiger partial charge in [0, 0.05) is 6.20 Å². The van der Waals surface area contributed by atoms with Crippen molar-refractivity contribution in [2.45, 2.75) is 13.8 Å². The lowest BCUT2D eigenvalue weighted by Gasteiger charge is -2.04. The molecule has 102 valence electrons. The molecular weight excluding hydrogens is 258 g/mol. The molecule has 7 nitrogen and oxygen atoms in total. The molecule has 2 aromatic heterocycles. The van der Waals surface area contributed by atoms with Crippen molar-refractivity contribution in [3.05, 3.63) is 35.3 Å². The largest absolute Gasteiger partial charge is 0.461 e. The number of nitrogens with zero attached hydrogens (tertiary/aromatic N) is 4. The van der Waals surface area contributed by atoms with Gasteiger partial charge in [-0.25, -0.2) is 14.5 Å². The third kappa shape index (κ3) is 2.31. The maximum absolute atomic E-state index is 11.7. The highest BCUT2D eigenvalue weighted by Gasteiger charge is 2.18. The lowest BCUT2D eigenvalue weighted by atomic mass is 10.1. The smallest absolute Gasteiger partial charge is 0.361 e. The van der Waals surface area contributed by atoms with E-state index in [-0.39, 0.29) is 18.0 Å². The average molecular weight is 271 g/mol. The van der Waals surface area contributed by atoms with E-state index in [4.69, 9.17) is 10.5 Å². The third-order valence-corrected chi connectivity index (χ3v) is 2.68. The topological polar surface area (TPSA) is 107 Å². The molecule has 0 spiro atoms. The fraction of sp³-hybridized carbons (Fsp3) is 0.231. The molecule has 2 rings (SSSR count). The summed E-state index contributed by atoms with van der Waals surface area (Å²) in [6.45, 7) is 3.72. The molecule has 0 amide bonds. The minimum absolute atomic E-state index is 0.0130. The van der Waals surface area contributed by atoms with Crippen molar-refractivity contribution in [3.8, 4) is 11.9 Å². The molecule has 0 bridgehead atoms. The van der Waals surface area contributed by atoms with Gasteiger partial charge in [0.1, 0.15) is 6.07 Å². The molecule has 2 aromatic rings. The molecule has 7 heteroatoms. The number of aryl methyl sites for hydroxylation is 1. The van der Waals surface area contributed by atoms with E-state index in [1.165, 1.54) is 10.9 Å². The molecule has 0 aliphatic rings. The van der Waals surface area contributed by atoms with E-state index in [2.05, 4.69) is 16.2 Å². The number of esters is 1. The van der Waals surface area contributed by atoms with Crippen molar-refractivity contribution in [3.63, 3.8) is 0 Å². The maximum atomic E-state index is 11.7. The van der Waals surface area contributed by atoms with Gasteiger partial charge in [-0.2, -0.15) is 10.4 Å². The number of hydrogen-bond acceptors (Lipinski definition) is 6. The van der Waals surface area contributed by atoms with Gasteiger partial charge in [0.05, 0.1) is 24.1 Å². The van der Waals surface area contributed by atoms with Gasteiger partial charge in [-0.05, 0) is 25.5 Å². The maximum Gasteiger partial charge on any atom is 0.361 e. The molecular formula is C13H13N5O2. The number of hydrogen-bond donors (Lipinski definition) is 1. The number of aromatic nitrogens is 3. The average Bonchev–Trinajstić information content (AvgIpc) is 2.80. The number of ether oxygens (including phenoxy) is 1. The number of nitrogens with two attached hydrogens (primary N) is 1. The van der Waals surface area contributed by atoms with Crippen molar-refractivity contribution < 1.29 is 9.53 Å². The summed E-state index contributed by atoms with van der Waals surface area (Å²) in [4.78, 5) is 15.8. The van der Waals surface area contributed by atoms with Crippen LogP contribution in [0.3, 0.4) is 0 Å².